The molecule has 3 heteroatoms. The number of aromatic nitrogens is 2. The number of nitrogen functional groups attached to an aromatic ring is 1. The van der Waals surface area contributed by atoms with Gasteiger partial charge in [0.05, 0.1) is 5.69 Å². The summed E-state index contributed by atoms with van der Waals surface area (Å²) in [6.07, 6.45) is 10.6. The summed E-state index contributed by atoms with van der Waals surface area (Å²) in [6.45, 7) is 4.46. The lowest BCUT2D eigenvalue weighted by molar-refractivity contribution is 0.402. The normalized spacial score (nSPS) is 21.8. The summed E-state index contributed by atoms with van der Waals surface area (Å²) in [5, 5.41) is 0. The van der Waals surface area contributed by atoms with Crippen molar-refractivity contribution < 1.29 is 0 Å². The highest BCUT2D eigenvalue weighted by molar-refractivity contribution is 5.42. The van der Waals surface area contributed by atoms with Gasteiger partial charge in [0.2, 0.25) is 0 Å². The van der Waals surface area contributed by atoms with Gasteiger partial charge in [-0.1, -0.05) is 25.7 Å². The first-order valence-corrected chi connectivity index (χ1v) is 8.06. The third-order valence-electron chi connectivity index (χ3n) is 4.98. The van der Waals surface area contributed by atoms with Crippen LogP contribution >= 0.6 is 0 Å². The monoisotopic (exact) mass is 261 g/mol. The first kappa shape index (κ1) is 13.0. The average Bonchev–Trinajstić information content (AvgIpc) is 2.67. The Bertz CT molecular complexity index is 437. The summed E-state index contributed by atoms with van der Waals surface area (Å²) in [6, 6.07) is 0.429. The second-order valence-electron chi connectivity index (χ2n) is 6.67. The zero-order valence-corrected chi connectivity index (χ0v) is 12.4. The van der Waals surface area contributed by atoms with E-state index in [0.29, 0.717) is 17.9 Å². The molecule has 2 aliphatic rings. The first-order valence-electron chi connectivity index (χ1n) is 8.06. The van der Waals surface area contributed by atoms with Crippen molar-refractivity contribution in [2.24, 2.45) is 0 Å². The molecule has 2 fully saturated rings. The predicted molar refractivity (Wildman–Crippen MR) is 79.4 cm³/mol. The van der Waals surface area contributed by atoms with Gasteiger partial charge in [-0.3, -0.25) is 0 Å². The summed E-state index contributed by atoms with van der Waals surface area (Å²) in [4.78, 5) is 5.01. The van der Waals surface area contributed by atoms with Gasteiger partial charge in [-0.2, -0.15) is 0 Å². The first-order chi connectivity index (χ1) is 9.18. The van der Waals surface area contributed by atoms with E-state index in [2.05, 4.69) is 18.4 Å². The van der Waals surface area contributed by atoms with E-state index < -0.39 is 0 Å². The smallest absolute Gasteiger partial charge is 0.127 e. The number of imidazole rings is 1. The minimum atomic E-state index is 0.429. The molecule has 0 aliphatic heterocycles. The van der Waals surface area contributed by atoms with E-state index >= 15 is 0 Å². The maximum Gasteiger partial charge on any atom is 0.127 e. The number of anilines is 1. The van der Waals surface area contributed by atoms with Crippen LogP contribution in [0, 0.1) is 0 Å². The van der Waals surface area contributed by atoms with Crippen molar-refractivity contribution in [1.29, 1.82) is 0 Å². The van der Waals surface area contributed by atoms with Crippen LogP contribution in [0.1, 0.15) is 94.6 Å². The molecular weight excluding hydrogens is 234 g/mol. The van der Waals surface area contributed by atoms with Crippen molar-refractivity contribution in [3.05, 3.63) is 11.5 Å². The molecule has 0 radical (unpaired) electrons. The molecule has 1 aromatic rings. The minimum Gasteiger partial charge on any atom is -0.384 e. The Morgan fingerprint density at radius 3 is 2.16 bits per heavy atom. The van der Waals surface area contributed by atoms with Crippen molar-refractivity contribution >= 4 is 5.82 Å². The molecule has 0 saturated heterocycles. The molecule has 0 unspecified atom stereocenters. The molecule has 2 saturated carbocycles. The topological polar surface area (TPSA) is 43.8 Å². The average molecular weight is 261 g/mol. The van der Waals surface area contributed by atoms with Crippen molar-refractivity contribution in [1.82, 2.24) is 9.55 Å². The van der Waals surface area contributed by atoms with Crippen molar-refractivity contribution in [3.63, 3.8) is 0 Å². The highest BCUT2D eigenvalue weighted by Crippen LogP contribution is 2.42. The zero-order valence-electron chi connectivity index (χ0n) is 12.4. The maximum atomic E-state index is 6.42. The van der Waals surface area contributed by atoms with Crippen molar-refractivity contribution in [2.45, 2.75) is 83.1 Å². The van der Waals surface area contributed by atoms with Crippen LogP contribution in [-0.4, -0.2) is 9.55 Å². The van der Waals surface area contributed by atoms with Gasteiger partial charge in [-0.05, 0) is 39.5 Å². The van der Waals surface area contributed by atoms with Gasteiger partial charge in [0.15, 0.2) is 0 Å². The lowest BCUT2D eigenvalue weighted by atomic mass is 9.83. The van der Waals surface area contributed by atoms with Gasteiger partial charge < -0.3 is 10.3 Å². The summed E-state index contributed by atoms with van der Waals surface area (Å²) >= 11 is 0. The van der Waals surface area contributed by atoms with Crippen molar-refractivity contribution in [3.8, 4) is 0 Å². The van der Waals surface area contributed by atoms with Crippen LogP contribution in [0.2, 0.25) is 0 Å². The molecule has 1 aromatic heterocycles. The van der Waals surface area contributed by atoms with Crippen LogP contribution in [0.4, 0.5) is 5.82 Å². The fourth-order valence-electron chi connectivity index (χ4n) is 3.65. The molecule has 0 amide bonds. The van der Waals surface area contributed by atoms with Crippen LogP contribution in [0.3, 0.4) is 0 Å². The Morgan fingerprint density at radius 1 is 1.00 bits per heavy atom. The molecule has 0 atom stereocenters. The number of hydrogen-bond donors (Lipinski definition) is 1. The maximum absolute atomic E-state index is 6.42. The van der Waals surface area contributed by atoms with E-state index in [9.17, 15) is 0 Å². The summed E-state index contributed by atoms with van der Waals surface area (Å²) in [5.41, 5.74) is 7.63. The second-order valence-corrected chi connectivity index (χ2v) is 6.67. The van der Waals surface area contributed by atoms with Crippen LogP contribution in [0.25, 0.3) is 0 Å². The molecule has 3 nitrogen and oxygen atoms in total. The van der Waals surface area contributed by atoms with Gasteiger partial charge in [0.1, 0.15) is 11.6 Å². The highest BCUT2D eigenvalue weighted by Gasteiger charge is 2.30. The Hall–Kier alpha value is -0.990. The van der Waals surface area contributed by atoms with E-state index in [-0.39, 0.29) is 0 Å². The molecule has 2 aliphatic carbocycles. The van der Waals surface area contributed by atoms with Crippen LogP contribution in [-0.2, 0) is 0 Å². The number of nitrogens with zero attached hydrogens (tertiary/aromatic N) is 2. The Labute approximate surface area is 116 Å². The summed E-state index contributed by atoms with van der Waals surface area (Å²) < 4.78 is 2.32. The molecule has 3 rings (SSSR count). The lowest BCUT2D eigenvalue weighted by Gasteiger charge is -2.24. The lowest BCUT2D eigenvalue weighted by Crippen LogP contribution is -2.15. The van der Waals surface area contributed by atoms with E-state index in [4.69, 9.17) is 10.7 Å². The Morgan fingerprint density at radius 2 is 1.63 bits per heavy atom. The molecule has 2 N–H and O–H groups in total. The predicted octanol–water partition coefficient (Wildman–Crippen LogP) is 4.36. The molecule has 0 spiro atoms. The Balaban J connectivity index is 1.96. The number of rotatable bonds is 3. The fourth-order valence-corrected chi connectivity index (χ4v) is 3.65. The van der Waals surface area contributed by atoms with Crippen LogP contribution in [0.5, 0.6) is 0 Å². The number of nitrogens with two attached hydrogens (primary N) is 1. The summed E-state index contributed by atoms with van der Waals surface area (Å²) in [5.74, 6) is 3.53. The molecule has 19 heavy (non-hydrogen) atoms. The van der Waals surface area contributed by atoms with Gasteiger partial charge in [0.25, 0.3) is 0 Å². The number of hydrogen-bond acceptors (Lipinski definition) is 2. The third-order valence-corrected chi connectivity index (χ3v) is 4.98. The van der Waals surface area contributed by atoms with Gasteiger partial charge in [-0.15, -0.1) is 0 Å². The SMILES string of the molecule is CC(C)n1c(C2CCCCC2)nc(C2CCC2)c1N. The standard InChI is InChI=1S/C16H27N3/c1-11(2)19-15(17)14(12-9-6-10-12)18-16(19)13-7-4-3-5-8-13/h11-13H,3-10,17H2,1-2H3. The zero-order chi connectivity index (χ0) is 13.4. The van der Waals surface area contributed by atoms with E-state index in [1.54, 1.807) is 0 Å². The van der Waals surface area contributed by atoms with Gasteiger partial charge in [0, 0.05) is 17.9 Å². The molecule has 0 aromatic carbocycles. The molecule has 0 bridgehead atoms. The van der Waals surface area contributed by atoms with Crippen LogP contribution < -0.4 is 5.73 Å². The largest absolute Gasteiger partial charge is 0.384 e. The van der Waals surface area contributed by atoms with E-state index in [1.807, 2.05) is 0 Å². The third kappa shape index (κ3) is 2.28. The van der Waals surface area contributed by atoms with Gasteiger partial charge in [-0.25, -0.2) is 4.98 Å². The molecule has 1 heterocycles. The van der Waals surface area contributed by atoms with E-state index in [1.165, 1.54) is 62.9 Å². The van der Waals surface area contributed by atoms with Crippen molar-refractivity contribution in [2.75, 3.05) is 5.73 Å². The molecule has 106 valence electrons. The second kappa shape index (κ2) is 5.18. The van der Waals surface area contributed by atoms with E-state index in [0.717, 1.165) is 5.82 Å². The highest BCUT2D eigenvalue weighted by atomic mass is 15.2. The fraction of sp³-hybridized carbons (Fsp3) is 0.812. The minimum absolute atomic E-state index is 0.429. The Kier molecular flexibility index (Phi) is 3.55. The quantitative estimate of drug-likeness (QED) is 0.878. The van der Waals surface area contributed by atoms with Crippen LogP contribution in [0.15, 0.2) is 0 Å². The summed E-state index contributed by atoms with van der Waals surface area (Å²) in [7, 11) is 0. The van der Waals surface area contributed by atoms with Gasteiger partial charge >= 0.3 is 0 Å². The molecular formula is C16H27N3.